The zero-order chi connectivity index (χ0) is 35.2. The van der Waals surface area contributed by atoms with Gasteiger partial charge in [0.1, 0.15) is 13.2 Å². The lowest BCUT2D eigenvalue weighted by atomic mass is 10.0. The van der Waals surface area contributed by atoms with E-state index < -0.39 is 6.10 Å². The highest BCUT2D eigenvalue weighted by molar-refractivity contribution is 5.71. The second-order valence-corrected chi connectivity index (χ2v) is 14.3. The molecule has 0 amide bonds. The lowest BCUT2D eigenvalue weighted by molar-refractivity contribution is -0.167. The van der Waals surface area contributed by atoms with Crippen LogP contribution >= 0.6 is 0 Å². The zero-order valence-electron chi connectivity index (χ0n) is 32.3. The van der Waals surface area contributed by atoms with Gasteiger partial charge in [0.25, 0.3) is 0 Å². The van der Waals surface area contributed by atoms with Gasteiger partial charge in [-0.05, 0) is 19.3 Å². The molecule has 1 atom stereocenters. The molecular weight excluding hydrogens is 600 g/mol. The second kappa shape index (κ2) is 38.2. The van der Waals surface area contributed by atoms with E-state index in [1.54, 1.807) is 0 Å². The summed E-state index contributed by atoms with van der Waals surface area (Å²) in [6, 6.07) is 0. The van der Waals surface area contributed by atoms with Crippen LogP contribution in [-0.4, -0.2) is 37.2 Å². The highest BCUT2D eigenvalue weighted by atomic mass is 16.6. The van der Waals surface area contributed by atoms with Crippen molar-refractivity contribution in [3.05, 3.63) is 0 Å². The molecule has 1 unspecified atom stereocenters. The molecule has 0 aliphatic heterocycles. The van der Waals surface area contributed by atoms with Crippen molar-refractivity contribution in [2.75, 3.05) is 13.2 Å². The molecule has 0 aliphatic rings. The van der Waals surface area contributed by atoms with Gasteiger partial charge in [0.2, 0.25) is 0 Å². The summed E-state index contributed by atoms with van der Waals surface area (Å²) in [7, 11) is 0. The smallest absolute Gasteiger partial charge is 0.306 e. The molecule has 6 heteroatoms. The van der Waals surface area contributed by atoms with Crippen molar-refractivity contribution in [2.45, 2.75) is 239 Å². The lowest BCUT2D eigenvalue weighted by Gasteiger charge is -2.18. The quantitative estimate of drug-likeness (QED) is 0.0367. The first-order chi connectivity index (χ1) is 23.5. The number of unbranched alkanes of at least 4 members (excludes halogenated alkanes) is 27. The van der Waals surface area contributed by atoms with Crippen molar-refractivity contribution < 1.29 is 28.6 Å². The molecule has 284 valence electrons. The fraction of sp³-hybridized carbons (Fsp3) is 0.929. The molecule has 0 radical (unpaired) electrons. The van der Waals surface area contributed by atoms with Crippen LogP contribution < -0.4 is 0 Å². The molecule has 6 nitrogen and oxygen atoms in total. The van der Waals surface area contributed by atoms with Gasteiger partial charge in [-0.15, -0.1) is 0 Å². The maximum Gasteiger partial charge on any atom is 0.306 e. The monoisotopic (exact) mass is 681 g/mol. The van der Waals surface area contributed by atoms with Crippen LogP contribution in [0.5, 0.6) is 0 Å². The summed E-state index contributed by atoms with van der Waals surface area (Å²) in [6.45, 7) is 6.53. The summed E-state index contributed by atoms with van der Waals surface area (Å²) in [5.41, 5.74) is 0. The Morgan fingerprint density at radius 1 is 0.333 bits per heavy atom. The first-order valence-electron chi connectivity index (χ1n) is 21.0. The van der Waals surface area contributed by atoms with Crippen molar-refractivity contribution in [3.8, 4) is 0 Å². The van der Waals surface area contributed by atoms with Crippen LogP contribution in [0.25, 0.3) is 0 Å². The molecule has 0 saturated heterocycles. The van der Waals surface area contributed by atoms with Crippen molar-refractivity contribution in [1.82, 2.24) is 0 Å². The number of carbonyl (C=O) groups excluding carboxylic acids is 3. The average Bonchev–Trinajstić information content (AvgIpc) is 3.08. The Balaban J connectivity index is 4.11. The molecule has 0 N–H and O–H groups in total. The van der Waals surface area contributed by atoms with Gasteiger partial charge >= 0.3 is 17.9 Å². The first-order valence-corrected chi connectivity index (χ1v) is 21.0. The SMILES string of the molecule is CCCCCCCCCCCCCCCCCCCC(=O)OCC(COC(=O)CCCCCCC)OC(=O)CCCCCCCCCC. The lowest BCUT2D eigenvalue weighted by Crippen LogP contribution is -2.30. The number of hydrogen-bond acceptors (Lipinski definition) is 6. The van der Waals surface area contributed by atoms with E-state index in [0.717, 1.165) is 64.2 Å². The Morgan fingerprint density at radius 2 is 0.562 bits per heavy atom. The van der Waals surface area contributed by atoms with Gasteiger partial charge in [-0.2, -0.15) is 0 Å². The van der Waals surface area contributed by atoms with Gasteiger partial charge in [0.15, 0.2) is 6.10 Å². The van der Waals surface area contributed by atoms with E-state index in [0.29, 0.717) is 19.3 Å². The van der Waals surface area contributed by atoms with E-state index in [4.69, 9.17) is 14.2 Å². The standard InChI is InChI=1S/C42H80O6/c1-4-7-10-13-15-17-18-19-20-21-22-23-24-25-27-29-32-35-41(44)47-38-39(37-46-40(43)34-31-28-12-9-6-3)48-42(45)36-33-30-26-16-14-11-8-5-2/h39H,4-38H2,1-3H3. The van der Waals surface area contributed by atoms with Crippen molar-refractivity contribution in [1.29, 1.82) is 0 Å². The van der Waals surface area contributed by atoms with Gasteiger partial charge < -0.3 is 14.2 Å². The molecule has 0 heterocycles. The van der Waals surface area contributed by atoms with Gasteiger partial charge in [0.05, 0.1) is 0 Å². The Labute approximate surface area is 298 Å². The summed E-state index contributed by atoms with van der Waals surface area (Å²) in [4.78, 5) is 37.2. The maximum absolute atomic E-state index is 12.5. The summed E-state index contributed by atoms with van der Waals surface area (Å²) in [6.07, 6.45) is 37.0. The normalized spacial score (nSPS) is 11.8. The molecule has 0 spiro atoms. The molecule has 0 bridgehead atoms. The summed E-state index contributed by atoms with van der Waals surface area (Å²) >= 11 is 0. The van der Waals surface area contributed by atoms with Gasteiger partial charge in [-0.3, -0.25) is 14.4 Å². The Kier molecular flexibility index (Phi) is 36.9. The number of rotatable bonds is 38. The topological polar surface area (TPSA) is 78.9 Å². The van der Waals surface area contributed by atoms with Gasteiger partial charge in [0, 0.05) is 19.3 Å². The minimum absolute atomic E-state index is 0.0647. The number of carbonyl (C=O) groups is 3. The Morgan fingerprint density at radius 3 is 0.833 bits per heavy atom. The average molecular weight is 681 g/mol. The van der Waals surface area contributed by atoms with E-state index in [1.165, 1.54) is 128 Å². The molecular formula is C42H80O6. The zero-order valence-corrected chi connectivity index (χ0v) is 32.3. The van der Waals surface area contributed by atoms with E-state index in [-0.39, 0.29) is 31.1 Å². The fourth-order valence-electron chi connectivity index (χ4n) is 6.15. The summed E-state index contributed by atoms with van der Waals surface area (Å²) in [5, 5.41) is 0. The van der Waals surface area contributed by atoms with E-state index in [1.807, 2.05) is 0 Å². The minimum atomic E-state index is -0.755. The van der Waals surface area contributed by atoms with Crippen LogP contribution in [0, 0.1) is 0 Å². The molecule has 0 aromatic rings. The van der Waals surface area contributed by atoms with Crippen molar-refractivity contribution >= 4 is 17.9 Å². The summed E-state index contributed by atoms with van der Waals surface area (Å²) in [5.74, 6) is -0.876. The second-order valence-electron chi connectivity index (χ2n) is 14.3. The predicted octanol–water partition coefficient (Wildman–Crippen LogP) is 12.9. The summed E-state index contributed by atoms with van der Waals surface area (Å²) < 4.78 is 16.5. The third kappa shape index (κ3) is 35.7. The fourth-order valence-corrected chi connectivity index (χ4v) is 6.15. The first kappa shape index (κ1) is 46.4. The van der Waals surface area contributed by atoms with E-state index in [9.17, 15) is 14.4 Å². The van der Waals surface area contributed by atoms with Crippen molar-refractivity contribution in [2.24, 2.45) is 0 Å². The molecule has 0 aromatic carbocycles. The van der Waals surface area contributed by atoms with Gasteiger partial charge in [-0.25, -0.2) is 0 Å². The van der Waals surface area contributed by atoms with E-state index in [2.05, 4.69) is 20.8 Å². The van der Waals surface area contributed by atoms with Crippen LogP contribution in [0.1, 0.15) is 233 Å². The van der Waals surface area contributed by atoms with Crippen LogP contribution in [0.3, 0.4) is 0 Å². The Hall–Kier alpha value is -1.59. The Bertz CT molecular complexity index is 708. The third-order valence-corrected chi connectivity index (χ3v) is 9.36. The molecule has 0 aliphatic carbocycles. The van der Waals surface area contributed by atoms with Gasteiger partial charge in [-0.1, -0.05) is 194 Å². The largest absolute Gasteiger partial charge is 0.462 e. The highest BCUT2D eigenvalue weighted by Gasteiger charge is 2.19. The molecule has 0 saturated carbocycles. The van der Waals surface area contributed by atoms with Crippen molar-refractivity contribution in [3.63, 3.8) is 0 Å². The van der Waals surface area contributed by atoms with Crippen LogP contribution in [-0.2, 0) is 28.6 Å². The molecule has 0 rings (SSSR count). The maximum atomic E-state index is 12.5. The van der Waals surface area contributed by atoms with E-state index >= 15 is 0 Å². The van der Waals surface area contributed by atoms with Crippen LogP contribution in [0.2, 0.25) is 0 Å². The number of esters is 3. The third-order valence-electron chi connectivity index (χ3n) is 9.36. The molecule has 48 heavy (non-hydrogen) atoms. The highest BCUT2D eigenvalue weighted by Crippen LogP contribution is 2.15. The predicted molar refractivity (Wildman–Crippen MR) is 201 cm³/mol. The molecule has 0 fully saturated rings. The van der Waals surface area contributed by atoms with Crippen LogP contribution in [0.4, 0.5) is 0 Å². The molecule has 0 aromatic heterocycles. The number of hydrogen-bond donors (Lipinski definition) is 0. The minimum Gasteiger partial charge on any atom is -0.462 e. The van der Waals surface area contributed by atoms with Crippen LogP contribution in [0.15, 0.2) is 0 Å². The number of ether oxygens (including phenoxy) is 3.